The molecule has 0 unspecified atom stereocenters. The van der Waals surface area contributed by atoms with Gasteiger partial charge < -0.3 is 20.5 Å². The number of nitrogens with zero attached hydrogens (tertiary/aromatic N) is 2. The summed E-state index contributed by atoms with van der Waals surface area (Å²) >= 11 is 0.935. The third kappa shape index (κ3) is 11.2. The zero-order chi connectivity index (χ0) is 37.5. The third-order valence-electron chi connectivity index (χ3n) is 8.28. The Balaban J connectivity index is 1.24. The van der Waals surface area contributed by atoms with Crippen LogP contribution < -0.4 is 20.8 Å². The van der Waals surface area contributed by atoms with Gasteiger partial charge in [0.1, 0.15) is 11.6 Å². The van der Waals surface area contributed by atoms with Gasteiger partial charge in [-0.1, -0.05) is 43.2 Å². The summed E-state index contributed by atoms with van der Waals surface area (Å²) in [5.41, 5.74) is 5.42. The summed E-state index contributed by atoms with van der Waals surface area (Å²) in [5.74, 6) is -1.48. The van der Waals surface area contributed by atoms with Crippen molar-refractivity contribution in [2.75, 3.05) is 19.1 Å². The molecule has 0 radical (unpaired) electrons. The van der Waals surface area contributed by atoms with Crippen molar-refractivity contribution in [2.24, 2.45) is 10.5 Å². The Morgan fingerprint density at radius 2 is 1.90 bits per heavy atom. The average Bonchev–Trinajstić information content (AvgIpc) is 3.13. The molecule has 3 aromatic rings. The molecule has 1 aliphatic rings. The third-order valence-corrected chi connectivity index (χ3v) is 8.96. The van der Waals surface area contributed by atoms with Gasteiger partial charge in [0.05, 0.1) is 37.5 Å². The molecule has 14 nitrogen and oxygen atoms in total. The lowest BCUT2D eigenvalue weighted by molar-refractivity contribution is -0.447. The molecule has 0 saturated carbocycles. The van der Waals surface area contributed by atoms with E-state index in [-0.39, 0.29) is 11.3 Å². The maximum Gasteiger partial charge on any atom is 0.347 e. The van der Waals surface area contributed by atoms with Crippen LogP contribution in [-0.4, -0.2) is 59.8 Å². The van der Waals surface area contributed by atoms with Gasteiger partial charge >= 0.3 is 5.97 Å². The van der Waals surface area contributed by atoms with Gasteiger partial charge in [-0.05, 0) is 74.4 Å². The Morgan fingerprint density at radius 1 is 1.10 bits per heavy atom. The number of hydrogen-bond donors (Lipinski definition) is 4. The zero-order valence-electron chi connectivity index (χ0n) is 29.3. The first-order valence-electron chi connectivity index (χ1n) is 16.7. The minimum atomic E-state index is -1.67. The van der Waals surface area contributed by atoms with Crippen LogP contribution in [0.15, 0.2) is 77.4 Å². The van der Waals surface area contributed by atoms with Gasteiger partial charge in [-0.3, -0.25) is 19.8 Å². The number of benzene rings is 2. The molecule has 15 heteroatoms. The predicted molar refractivity (Wildman–Crippen MR) is 195 cm³/mol. The number of carboxylic acids is 1. The van der Waals surface area contributed by atoms with E-state index in [0.29, 0.717) is 55.0 Å². The first-order valence-corrected chi connectivity index (χ1v) is 17.4. The second kappa shape index (κ2) is 19.5. The summed E-state index contributed by atoms with van der Waals surface area (Å²) in [6.45, 7) is 7.69. The monoisotopic (exact) mass is 733 g/mol. The number of Topliss-reactive ketones (excluding diaryl/α,β-unsaturated/α-hetero) is 1. The molecule has 1 aromatic heterocycles. The summed E-state index contributed by atoms with van der Waals surface area (Å²) < 4.78 is 10.9. The molecule has 52 heavy (non-hydrogen) atoms. The molecular formula is C37H43N5O9S. The molecule has 0 fully saturated rings. The standard InChI is InChI=1S/C37H43N5O9S/c1-5-11-28-26-13-10-14-29(43)27(26)17-18-30(28)49-21-9-8-20-37(2,3)36(47)41-33(35(45)46)40-34(44)25-16-19-32(38-22-25)42-39-23-24-12-6-7-15-31(24)52-51-50-48-4/h5-7,12,15-19,22-23,33H,1,8-11,13-14,20-21H2,2-4H3,(H,38,42)(H,40,44)(H,41,47)(H,45,46)/b39-23+/t33-/m1/s1. The smallest absolute Gasteiger partial charge is 0.347 e. The van der Waals surface area contributed by atoms with Crippen LogP contribution in [0.3, 0.4) is 0 Å². The van der Waals surface area contributed by atoms with Gasteiger partial charge in [0, 0.05) is 39.6 Å². The van der Waals surface area contributed by atoms with Crippen molar-refractivity contribution in [1.82, 2.24) is 15.6 Å². The predicted octanol–water partition coefficient (Wildman–Crippen LogP) is 5.82. The number of carbonyl (C=O) groups is 4. The Bertz CT molecular complexity index is 1760. The molecule has 0 aliphatic heterocycles. The number of carboxylic acid groups (broad SMARTS) is 1. The number of anilines is 1. The Labute approximate surface area is 306 Å². The van der Waals surface area contributed by atoms with Crippen LogP contribution in [0, 0.1) is 5.41 Å². The van der Waals surface area contributed by atoms with E-state index in [1.165, 1.54) is 31.7 Å². The van der Waals surface area contributed by atoms with Gasteiger partial charge in [0.2, 0.25) is 12.1 Å². The minimum Gasteiger partial charge on any atom is -0.493 e. The lowest BCUT2D eigenvalue weighted by Gasteiger charge is -2.26. The van der Waals surface area contributed by atoms with Crippen LogP contribution in [0.5, 0.6) is 5.75 Å². The molecular weight excluding hydrogens is 691 g/mol. The van der Waals surface area contributed by atoms with Crippen LogP contribution in [0.2, 0.25) is 0 Å². The van der Waals surface area contributed by atoms with Gasteiger partial charge in [-0.15, -0.1) is 10.9 Å². The molecule has 2 amide bonds. The zero-order valence-corrected chi connectivity index (χ0v) is 30.1. The number of aliphatic carboxylic acids is 1. The number of pyridine rings is 1. The Morgan fingerprint density at radius 3 is 2.63 bits per heavy atom. The van der Waals surface area contributed by atoms with Gasteiger partial charge in [-0.2, -0.15) is 5.10 Å². The molecule has 0 bridgehead atoms. The van der Waals surface area contributed by atoms with E-state index in [4.69, 9.17) is 9.07 Å². The highest BCUT2D eigenvalue weighted by atomic mass is 32.2. The van der Waals surface area contributed by atoms with Crippen molar-refractivity contribution < 1.29 is 43.3 Å². The highest BCUT2D eigenvalue weighted by Gasteiger charge is 2.32. The number of rotatable bonds is 20. The number of nitrogens with one attached hydrogen (secondary N) is 3. The maximum atomic E-state index is 13.1. The molecule has 4 N–H and O–H groups in total. The number of hydrazone groups is 1. The van der Waals surface area contributed by atoms with E-state index in [2.05, 4.69) is 42.6 Å². The van der Waals surface area contributed by atoms with Crippen LogP contribution >= 0.6 is 12.0 Å². The first-order chi connectivity index (χ1) is 25.0. The number of carbonyl (C=O) groups excluding carboxylic acids is 3. The van der Waals surface area contributed by atoms with Crippen LogP contribution in [-0.2, 0) is 36.7 Å². The highest BCUT2D eigenvalue weighted by Crippen LogP contribution is 2.32. The fourth-order valence-electron chi connectivity index (χ4n) is 5.45. The van der Waals surface area contributed by atoms with Crippen molar-refractivity contribution in [1.29, 1.82) is 0 Å². The molecule has 2 aromatic carbocycles. The summed E-state index contributed by atoms with van der Waals surface area (Å²) in [6.07, 6.45) is 7.47. The van der Waals surface area contributed by atoms with E-state index >= 15 is 0 Å². The van der Waals surface area contributed by atoms with Crippen LogP contribution in [0.4, 0.5) is 5.82 Å². The fourth-order valence-corrected chi connectivity index (χ4v) is 5.96. The lowest BCUT2D eigenvalue weighted by atomic mass is 9.85. The normalized spacial score (nSPS) is 13.2. The van der Waals surface area contributed by atoms with Crippen molar-refractivity contribution in [3.63, 3.8) is 0 Å². The van der Waals surface area contributed by atoms with Crippen molar-refractivity contribution >= 4 is 47.6 Å². The van der Waals surface area contributed by atoms with Crippen molar-refractivity contribution in [2.45, 2.75) is 69.9 Å². The van der Waals surface area contributed by atoms with Crippen LogP contribution in [0.1, 0.15) is 83.4 Å². The molecule has 1 heterocycles. The van der Waals surface area contributed by atoms with Crippen LogP contribution in [0.25, 0.3) is 0 Å². The van der Waals surface area contributed by atoms with Crippen molar-refractivity contribution in [3.05, 3.63) is 95.2 Å². The van der Waals surface area contributed by atoms with E-state index in [1.807, 2.05) is 30.3 Å². The molecule has 1 aliphatic carbocycles. The summed E-state index contributed by atoms with van der Waals surface area (Å²) in [5, 5.41) is 23.1. The number of amides is 2. The number of ether oxygens (including phenoxy) is 1. The summed E-state index contributed by atoms with van der Waals surface area (Å²) in [7, 11) is 1.31. The SMILES string of the molecule is C=CCc1c(OCCCCC(C)(C)C(=O)N[C@@H](NC(=O)c2ccc(N/N=C/c3ccccc3SOOOC)nc2)C(=O)O)ccc2c1CCCC2=O. The first kappa shape index (κ1) is 39.7. The average molecular weight is 734 g/mol. The highest BCUT2D eigenvalue weighted by molar-refractivity contribution is 7.94. The van der Waals surface area contributed by atoms with E-state index in [9.17, 15) is 24.3 Å². The second-order valence-electron chi connectivity index (χ2n) is 12.5. The number of fused-ring (bicyclic) bond motifs is 1. The molecule has 276 valence electrons. The topological polar surface area (TPSA) is 187 Å². The number of aromatic nitrogens is 1. The van der Waals surface area contributed by atoms with E-state index < -0.39 is 29.4 Å². The quantitative estimate of drug-likeness (QED) is 0.0208. The number of allylic oxidation sites excluding steroid dienone is 1. The van der Waals surface area contributed by atoms with E-state index in [1.54, 1.807) is 26.0 Å². The van der Waals surface area contributed by atoms with Gasteiger partial charge in [0.15, 0.2) is 5.78 Å². The number of unbranched alkanes of at least 4 members (excludes halogenated alkanes) is 1. The van der Waals surface area contributed by atoms with E-state index in [0.717, 1.165) is 47.3 Å². The maximum absolute atomic E-state index is 13.1. The fraction of sp³-hybridized carbons (Fsp3) is 0.351. The number of hydrogen-bond acceptors (Lipinski definition) is 12. The Hall–Kier alpha value is -5.09. The Kier molecular flexibility index (Phi) is 14.9. The molecule has 0 spiro atoms. The molecule has 4 rings (SSSR count). The van der Waals surface area contributed by atoms with Gasteiger partial charge in [0.25, 0.3) is 5.91 Å². The number of ketones is 1. The largest absolute Gasteiger partial charge is 0.493 e. The summed E-state index contributed by atoms with van der Waals surface area (Å²) in [4.78, 5) is 59.7. The van der Waals surface area contributed by atoms with Crippen molar-refractivity contribution in [3.8, 4) is 5.75 Å². The van der Waals surface area contributed by atoms with Gasteiger partial charge in [-0.25, -0.2) is 14.7 Å². The second-order valence-corrected chi connectivity index (χ2v) is 13.2. The lowest BCUT2D eigenvalue weighted by Crippen LogP contribution is -2.55. The minimum absolute atomic E-state index is 0.0769. The summed E-state index contributed by atoms with van der Waals surface area (Å²) in [6, 6.07) is 13.9. The molecule has 1 atom stereocenters. The molecule has 0 saturated heterocycles.